The molecule has 9 nitrogen and oxygen atoms in total. The Morgan fingerprint density at radius 3 is 2.19 bits per heavy atom. The molecule has 2 amide bonds. The monoisotopic (exact) mass is 452 g/mol. The van der Waals surface area contributed by atoms with Crippen LogP contribution in [0.4, 0.5) is 10.5 Å². The summed E-state index contributed by atoms with van der Waals surface area (Å²) in [5.74, 6) is 1.40. The number of nitrogens with one attached hydrogen (secondary N) is 1. The van der Waals surface area contributed by atoms with Crippen molar-refractivity contribution < 1.29 is 31.6 Å². The van der Waals surface area contributed by atoms with Gasteiger partial charge in [-0.15, -0.1) is 0 Å². The van der Waals surface area contributed by atoms with Crippen molar-refractivity contribution >= 4 is 21.8 Å². The molecule has 2 aromatic rings. The molecule has 0 bridgehead atoms. The van der Waals surface area contributed by atoms with E-state index in [0.29, 0.717) is 22.7 Å². The summed E-state index contributed by atoms with van der Waals surface area (Å²) in [5.41, 5.74) is 1.17. The average molecular weight is 453 g/mol. The van der Waals surface area contributed by atoms with Crippen molar-refractivity contribution in [3.63, 3.8) is 0 Å². The molecule has 0 aliphatic carbocycles. The lowest BCUT2D eigenvalue weighted by molar-refractivity contribution is 0.193. The van der Waals surface area contributed by atoms with Crippen molar-refractivity contribution in [2.75, 3.05) is 32.9 Å². The van der Waals surface area contributed by atoms with Crippen molar-refractivity contribution in [2.45, 2.75) is 26.4 Å². The Hall–Kier alpha value is -3.14. The third-order valence-electron chi connectivity index (χ3n) is 4.36. The van der Waals surface area contributed by atoms with Crippen LogP contribution in [-0.2, 0) is 16.7 Å². The lowest BCUT2D eigenvalue weighted by Gasteiger charge is -2.27. The van der Waals surface area contributed by atoms with Crippen LogP contribution in [-0.4, -0.2) is 53.0 Å². The molecule has 2 rings (SSSR count). The first-order valence-corrected chi connectivity index (χ1v) is 11.3. The van der Waals surface area contributed by atoms with Gasteiger partial charge < -0.3 is 28.6 Å². The summed E-state index contributed by atoms with van der Waals surface area (Å²) in [4.78, 5) is 14.6. The van der Waals surface area contributed by atoms with Gasteiger partial charge in [0.25, 0.3) is 0 Å². The molecule has 0 unspecified atom stereocenters. The standard InChI is InChI=1S/C21H28N2O7S/c1-14(2)23(21(24)22-17-9-8-16(27-3)12-19(17)29-5)13-15-7-10-18(28-4)20(11-15)30-31(6,25)26/h7-12,14H,13H2,1-6H3,(H,22,24). The third-order valence-corrected chi connectivity index (χ3v) is 4.84. The van der Waals surface area contributed by atoms with Gasteiger partial charge in [-0.05, 0) is 43.7 Å². The number of hydrogen-bond donors (Lipinski definition) is 1. The highest BCUT2D eigenvalue weighted by molar-refractivity contribution is 7.86. The SMILES string of the molecule is COc1ccc(NC(=O)N(Cc2ccc(OC)c(OS(C)(=O)=O)c2)C(C)C)c(OC)c1. The van der Waals surface area contributed by atoms with Gasteiger partial charge in [-0.1, -0.05) is 6.07 Å². The van der Waals surface area contributed by atoms with E-state index in [0.717, 1.165) is 6.26 Å². The van der Waals surface area contributed by atoms with E-state index in [9.17, 15) is 13.2 Å². The zero-order valence-corrected chi connectivity index (χ0v) is 19.3. The van der Waals surface area contributed by atoms with E-state index in [4.69, 9.17) is 18.4 Å². The number of hydrogen-bond acceptors (Lipinski definition) is 7. The maximum atomic E-state index is 13.0. The molecule has 31 heavy (non-hydrogen) atoms. The number of ether oxygens (including phenoxy) is 3. The van der Waals surface area contributed by atoms with E-state index in [1.165, 1.54) is 20.3 Å². The van der Waals surface area contributed by atoms with Gasteiger partial charge in [-0.2, -0.15) is 8.42 Å². The fraction of sp³-hybridized carbons (Fsp3) is 0.381. The summed E-state index contributed by atoms with van der Waals surface area (Å²) < 4.78 is 43.8. The fourth-order valence-corrected chi connectivity index (χ4v) is 3.28. The molecule has 0 fully saturated rings. The summed E-state index contributed by atoms with van der Waals surface area (Å²) in [5, 5.41) is 2.84. The van der Waals surface area contributed by atoms with Crippen LogP contribution in [0.15, 0.2) is 36.4 Å². The second kappa shape index (κ2) is 10.3. The normalized spacial score (nSPS) is 11.1. The van der Waals surface area contributed by atoms with Gasteiger partial charge in [-0.3, -0.25) is 0 Å². The third kappa shape index (κ3) is 6.68. The maximum absolute atomic E-state index is 13.0. The number of amides is 2. The van der Waals surface area contributed by atoms with E-state index < -0.39 is 10.1 Å². The van der Waals surface area contributed by atoms with Crippen LogP contribution in [0.5, 0.6) is 23.0 Å². The van der Waals surface area contributed by atoms with Crippen molar-refractivity contribution in [3.8, 4) is 23.0 Å². The van der Waals surface area contributed by atoms with E-state index in [-0.39, 0.29) is 30.1 Å². The number of rotatable bonds is 9. The molecule has 0 saturated carbocycles. The Labute approximate surface area is 183 Å². The molecule has 0 aliphatic heterocycles. The molecule has 0 atom stereocenters. The molecule has 0 aromatic heterocycles. The van der Waals surface area contributed by atoms with Gasteiger partial charge in [0.15, 0.2) is 11.5 Å². The van der Waals surface area contributed by atoms with E-state index >= 15 is 0 Å². The summed E-state index contributed by atoms with van der Waals surface area (Å²) >= 11 is 0. The first kappa shape index (κ1) is 24.1. The lowest BCUT2D eigenvalue weighted by Crippen LogP contribution is -2.39. The van der Waals surface area contributed by atoms with Gasteiger partial charge in [0.05, 0.1) is 33.3 Å². The smallest absolute Gasteiger partial charge is 0.322 e. The van der Waals surface area contributed by atoms with Crippen molar-refractivity contribution in [1.29, 1.82) is 0 Å². The Morgan fingerprint density at radius 2 is 1.65 bits per heavy atom. The number of benzene rings is 2. The Bertz CT molecular complexity index is 1020. The minimum Gasteiger partial charge on any atom is -0.497 e. The molecule has 0 aliphatic rings. The number of carbonyl (C=O) groups is 1. The molecule has 0 spiro atoms. The van der Waals surface area contributed by atoms with Crippen molar-refractivity contribution in [1.82, 2.24) is 4.90 Å². The number of urea groups is 1. The summed E-state index contributed by atoms with van der Waals surface area (Å²) in [6, 6.07) is 9.47. The predicted octanol–water partition coefficient (Wildman–Crippen LogP) is 3.49. The van der Waals surface area contributed by atoms with Crippen LogP contribution in [0, 0.1) is 0 Å². The zero-order chi connectivity index (χ0) is 23.2. The van der Waals surface area contributed by atoms with Gasteiger partial charge in [0, 0.05) is 18.7 Å². The average Bonchev–Trinajstić information content (AvgIpc) is 2.70. The molecule has 1 N–H and O–H groups in total. The molecule has 10 heteroatoms. The van der Waals surface area contributed by atoms with E-state index in [2.05, 4.69) is 5.32 Å². The highest BCUT2D eigenvalue weighted by Gasteiger charge is 2.20. The van der Waals surface area contributed by atoms with Gasteiger partial charge in [-0.25, -0.2) is 4.79 Å². The predicted molar refractivity (Wildman–Crippen MR) is 118 cm³/mol. The minimum atomic E-state index is -3.74. The van der Waals surface area contributed by atoms with Crippen LogP contribution < -0.4 is 23.7 Å². The quantitative estimate of drug-likeness (QED) is 0.581. The number of nitrogens with zero attached hydrogens (tertiary/aromatic N) is 1. The maximum Gasteiger partial charge on any atom is 0.322 e. The first-order valence-electron chi connectivity index (χ1n) is 9.44. The highest BCUT2D eigenvalue weighted by Crippen LogP contribution is 2.31. The van der Waals surface area contributed by atoms with Gasteiger partial charge >= 0.3 is 16.1 Å². The summed E-state index contributed by atoms with van der Waals surface area (Å²) in [7, 11) is 0.729. The van der Waals surface area contributed by atoms with E-state index in [1.807, 2.05) is 13.8 Å². The van der Waals surface area contributed by atoms with Crippen LogP contribution in [0.1, 0.15) is 19.4 Å². The second-order valence-corrected chi connectivity index (χ2v) is 8.57. The number of methoxy groups -OCH3 is 3. The molecule has 0 radical (unpaired) electrons. The molecular formula is C21H28N2O7S. The van der Waals surface area contributed by atoms with E-state index in [1.54, 1.807) is 42.3 Å². The molecule has 170 valence electrons. The first-order chi connectivity index (χ1) is 14.6. The van der Waals surface area contributed by atoms with Crippen LogP contribution in [0.2, 0.25) is 0 Å². The summed E-state index contributed by atoms with van der Waals surface area (Å²) in [6.07, 6.45) is 0.954. The Balaban J connectivity index is 2.27. The van der Waals surface area contributed by atoms with Crippen LogP contribution >= 0.6 is 0 Å². The van der Waals surface area contributed by atoms with Crippen molar-refractivity contribution in [3.05, 3.63) is 42.0 Å². The van der Waals surface area contributed by atoms with Crippen LogP contribution in [0.3, 0.4) is 0 Å². The molecule has 0 heterocycles. The van der Waals surface area contributed by atoms with Crippen molar-refractivity contribution in [2.24, 2.45) is 0 Å². The Morgan fingerprint density at radius 1 is 0.968 bits per heavy atom. The zero-order valence-electron chi connectivity index (χ0n) is 18.5. The molecule has 0 saturated heterocycles. The fourth-order valence-electron chi connectivity index (χ4n) is 2.82. The molecule has 2 aromatic carbocycles. The largest absolute Gasteiger partial charge is 0.497 e. The topological polar surface area (TPSA) is 103 Å². The molecular weight excluding hydrogens is 424 g/mol. The summed E-state index contributed by atoms with van der Waals surface area (Å²) in [6.45, 7) is 3.97. The number of carbonyl (C=O) groups excluding carboxylic acids is 1. The Kier molecular flexibility index (Phi) is 7.98. The second-order valence-electron chi connectivity index (χ2n) is 6.99. The van der Waals surface area contributed by atoms with Gasteiger partial charge in [0.2, 0.25) is 0 Å². The highest BCUT2D eigenvalue weighted by atomic mass is 32.2. The minimum absolute atomic E-state index is 0.0587. The lowest BCUT2D eigenvalue weighted by atomic mass is 10.1. The van der Waals surface area contributed by atoms with Gasteiger partial charge in [0.1, 0.15) is 11.5 Å². The number of anilines is 1. The van der Waals surface area contributed by atoms with Crippen LogP contribution in [0.25, 0.3) is 0 Å².